The summed E-state index contributed by atoms with van der Waals surface area (Å²) < 4.78 is 0. The van der Waals surface area contributed by atoms with Crippen molar-refractivity contribution in [2.24, 2.45) is 11.8 Å². The van der Waals surface area contributed by atoms with Crippen LogP contribution in [0.15, 0.2) is 0 Å². The lowest BCUT2D eigenvalue weighted by Gasteiger charge is -2.14. The van der Waals surface area contributed by atoms with Crippen molar-refractivity contribution in [3.8, 4) is 0 Å². The fraction of sp³-hybridized carbons (Fsp3) is 0.750. The van der Waals surface area contributed by atoms with E-state index in [0.29, 0.717) is 12.8 Å². The van der Waals surface area contributed by atoms with Gasteiger partial charge in [-0.15, -0.1) is 0 Å². The maximum atomic E-state index is 10.7. The van der Waals surface area contributed by atoms with Crippen LogP contribution in [-0.2, 0) is 9.59 Å². The number of hydrogen-bond acceptors (Lipinski definition) is 2. The minimum Gasteiger partial charge on any atom is -0.281 e. The zero-order valence-corrected chi connectivity index (χ0v) is 8.65. The van der Waals surface area contributed by atoms with Crippen molar-refractivity contribution in [1.29, 1.82) is 0 Å². The van der Waals surface area contributed by atoms with Gasteiger partial charge in [-0.3, -0.25) is 9.59 Å². The largest absolute Gasteiger partial charge is 0.281 e. The van der Waals surface area contributed by atoms with E-state index in [9.17, 15) is 9.59 Å². The minimum absolute atomic E-state index is 0.109. The van der Waals surface area contributed by atoms with Crippen molar-refractivity contribution in [3.05, 3.63) is 0 Å². The predicted molar refractivity (Wildman–Crippen MR) is 49.3 cm³/mol. The Balaban J connectivity index is 3.79. The van der Waals surface area contributed by atoms with Crippen LogP contribution in [0.2, 0.25) is 0 Å². The molecular weight excluding hydrogens is 199 g/mol. The summed E-state index contributed by atoms with van der Waals surface area (Å²) in [5.74, 6) is -0.0969. The van der Waals surface area contributed by atoms with E-state index in [4.69, 9.17) is 23.2 Å². The van der Waals surface area contributed by atoms with Crippen molar-refractivity contribution in [2.75, 3.05) is 0 Å². The molecule has 0 saturated carbocycles. The number of rotatable bonds is 5. The van der Waals surface area contributed by atoms with Gasteiger partial charge in [-0.25, -0.2) is 0 Å². The fourth-order valence-corrected chi connectivity index (χ4v) is 1.14. The molecule has 2 unspecified atom stereocenters. The second-order valence-electron chi connectivity index (χ2n) is 2.96. The molecule has 2 atom stereocenters. The van der Waals surface area contributed by atoms with E-state index in [1.54, 1.807) is 6.92 Å². The average molecular weight is 211 g/mol. The highest BCUT2D eigenvalue weighted by Gasteiger charge is 2.18. The Morgan fingerprint density at radius 3 is 2.08 bits per heavy atom. The van der Waals surface area contributed by atoms with E-state index in [1.165, 1.54) is 0 Å². The van der Waals surface area contributed by atoms with Gasteiger partial charge in [-0.1, -0.05) is 13.8 Å². The average Bonchev–Trinajstić information content (AvgIpc) is 1.98. The smallest absolute Gasteiger partial charge is 0.224 e. The molecule has 4 heteroatoms. The van der Waals surface area contributed by atoms with Gasteiger partial charge in [0.15, 0.2) is 0 Å². The molecule has 0 aliphatic carbocycles. The Morgan fingerprint density at radius 2 is 1.75 bits per heavy atom. The zero-order chi connectivity index (χ0) is 9.72. The van der Waals surface area contributed by atoms with Gasteiger partial charge in [0.2, 0.25) is 10.5 Å². The first-order valence-electron chi connectivity index (χ1n) is 3.82. The fourth-order valence-electron chi connectivity index (χ4n) is 0.815. The Morgan fingerprint density at radius 1 is 1.25 bits per heavy atom. The molecule has 0 amide bonds. The summed E-state index contributed by atoms with van der Waals surface area (Å²) in [6, 6.07) is 0. The standard InChI is InChI=1S/C8H12Cl2O2/c1-5(3-4-7(9)11)6(2)8(10)12/h5-6H,3-4H2,1-2H3. The van der Waals surface area contributed by atoms with Crippen LogP contribution in [0.4, 0.5) is 0 Å². The van der Waals surface area contributed by atoms with E-state index in [-0.39, 0.29) is 22.3 Å². The summed E-state index contributed by atoms with van der Waals surface area (Å²) in [6.07, 6.45) is 0.916. The molecule has 0 saturated heterocycles. The first-order valence-corrected chi connectivity index (χ1v) is 4.58. The van der Waals surface area contributed by atoms with Gasteiger partial charge in [-0.2, -0.15) is 0 Å². The van der Waals surface area contributed by atoms with Gasteiger partial charge in [0, 0.05) is 12.3 Å². The molecule has 0 aliphatic heterocycles. The SMILES string of the molecule is CC(CCC(=O)Cl)C(C)C(=O)Cl. The summed E-state index contributed by atoms with van der Waals surface area (Å²) >= 11 is 10.4. The topological polar surface area (TPSA) is 34.1 Å². The molecule has 0 radical (unpaired) electrons. The maximum Gasteiger partial charge on any atom is 0.224 e. The number of carbonyl (C=O) groups is 2. The van der Waals surface area contributed by atoms with Crippen LogP contribution in [0, 0.1) is 11.8 Å². The monoisotopic (exact) mass is 210 g/mol. The van der Waals surface area contributed by atoms with Crippen molar-refractivity contribution >= 4 is 33.7 Å². The lowest BCUT2D eigenvalue weighted by atomic mass is 9.93. The van der Waals surface area contributed by atoms with E-state index in [2.05, 4.69) is 0 Å². The molecule has 70 valence electrons. The van der Waals surface area contributed by atoms with Gasteiger partial charge >= 0.3 is 0 Å². The highest BCUT2D eigenvalue weighted by Crippen LogP contribution is 2.19. The molecule has 0 heterocycles. The second-order valence-corrected chi connectivity index (χ2v) is 3.76. The molecule has 0 aromatic heterocycles. The molecule has 0 rings (SSSR count). The van der Waals surface area contributed by atoms with Gasteiger partial charge in [0.1, 0.15) is 0 Å². The second kappa shape index (κ2) is 5.55. The van der Waals surface area contributed by atoms with Crippen LogP contribution < -0.4 is 0 Å². The first-order chi connectivity index (χ1) is 5.45. The first kappa shape index (κ1) is 11.9. The van der Waals surface area contributed by atoms with Crippen LogP contribution >= 0.6 is 23.2 Å². The molecular formula is C8H12Cl2O2. The number of carbonyl (C=O) groups excluding carboxylic acids is 2. The van der Waals surface area contributed by atoms with E-state index >= 15 is 0 Å². The normalized spacial score (nSPS) is 15.3. The molecule has 12 heavy (non-hydrogen) atoms. The summed E-state index contributed by atoms with van der Waals surface area (Å²) in [6.45, 7) is 3.63. The quantitative estimate of drug-likeness (QED) is 0.655. The van der Waals surface area contributed by atoms with Crippen molar-refractivity contribution in [3.63, 3.8) is 0 Å². The summed E-state index contributed by atoms with van der Waals surface area (Å²) in [7, 11) is 0. The van der Waals surface area contributed by atoms with Crippen molar-refractivity contribution in [2.45, 2.75) is 26.7 Å². The third-order valence-electron chi connectivity index (χ3n) is 2.01. The predicted octanol–water partition coefficient (Wildman–Crippen LogP) is 2.57. The third kappa shape index (κ3) is 4.73. The maximum absolute atomic E-state index is 10.7. The Bertz CT molecular complexity index is 180. The van der Waals surface area contributed by atoms with E-state index in [1.807, 2.05) is 6.92 Å². The Hall–Kier alpha value is -0.0800. The lowest BCUT2D eigenvalue weighted by molar-refractivity contribution is -0.117. The van der Waals surface area contributed by atoms with Gasteiger partial charge in [0.05, 0.1) is 0 Å². The molecule has 0 N–H and O–H groups in total. The van der Waals surface area contributed by atoms with Crippen LogP contribution in [0.25, 0.3) is 0 Å². The van der Waals surface area contributed by atoms with E-state index < -0.39 is 0 Å². The van der Waals surface area contributed by atoms with Gasteiger partial charge in [0.25, 0.3) is 0 Å². The molecule has 0 aromatic carbocycles. The van der Waals surface area contributed by atoms with Gasteiger partial charge < -0.3 is 0 Å². The number of halogens is 2. The molecule has 0 aliphatic rings. The van der Waals surface area contributed by atoms with Gasteiger partial charge in [-0.05, 0) is 35.5 Å². The summed E-state index contributed by atoms with van der Waals surface area (Å²) in [4.78, 5) is 21.1. The zero-order valence-electron chi connectivity index (χ0n) is 7.14. The van der Waals surface area contributed by atoms with E-state index in [0.717, 1.165) is 0 Å². The van der Waals surface area contributed by atoms with Crippen molar-refractivity contribution in [1.82, 2.24) is 0 Å². The third-order valence-corrected chi connectivity index (χ3v) is 2.54. The van der Waals surface area contributed by atoms with Crippen LogP contribution in [0.3, 0.4) is 0 Å². The molecule has 2 nitrogen and oxygen atoms in total. The summed E-state index contributed by atoms with van der Waals surface area (Å²) in [5, 5.41) is -0.722. The van der Waals surface area contributed by atoms with Crippen LogP contribution in [0.5, 0.6) is 0 Å². The number of hydrogen-bond donors (Lipinski definition) is 0. The molecule has 0 spiro atoms. The van der Waals surface area contributed by atoms with Crippen molar-refractivity contribution < 1.29 is 9.59 Å². The Labute approximate surface area is 82.2 Å². The minimum atomic E-state index is -0.365. The molecule has 0 aromatic rings. The van der Waals surface area contributed by atoms with Crippen LogP contribution in [0.1, 0.15) is 26.7 Å². The lowest BCUT2D eigenvalue weighted by Crippen LogP contribution is -2.14. The molecule has 0 fully saturated rings. The highest BCUT2D eigenvalue weighted by atomic mass is 35.5. The highest BCUT2D eigenvalue weighted by molar-refractivity contribution is 6.64. The Kier molecular flexibility index (Phi) is 5.51. The summed E-state index contributed by atoms with van der Waals surface area (Å²) in [5.41, 5.74) is 0. The van der Waals surface area contributed by atoms with Crippen LogP contribution in [-0.4, -0.2) is 10.5 Å². The molecule has 0 bridgehead atoms.